The Kier molecular flexibility index (Phi) is 17.6. The minimum absolute atomic E-state index is 0.00646. The van der Waals surface area contributed by atoms with Gasteiger partial charge in [0.05, 0.1) is 63.9 Å². The molecule has 4 aliphatic rings. The Bertz CT molecular complexity index is 3680. The second kappa shape index (κ2) is 25.1. The first-order valence-corrected chi connectivity index (χ1v) is 30.8. The molecule has 7 atom stereocenters. The maximum Gasteiger partial charge on any atom is 0.274 e. The number of carbonyl (C=O) groups excluding carboxylic acids is 2. The number of hydrogen-bond acceptors (Lipinski definition) is 14. The van der Waals surface area contributed by atoms with Crippen LogP contribution < -0.4 is 32.0 Å². The van der Waals surface area contributed by atoms with Gasteiger partial charge < -0.3 is 40.0 Å². The van der Waals surface area contributed by atoms with Crippen LogP contribution in [0, 0.1) is 30.0 Å². The standard InChI is InChI=1S/C66H79FN10O7S/c1-39(27-40(2)28-56-62(84-56)72-60(66(4,5)6)65(83)77-36-49(79)32-55(77)61(80)69-33-42-11-13-44(14-12-42)59-41(3)70-38-85-59)19-21-74-23-25-75(26-24-74)48-17-18-57(68-34-48)71-53-31-47(35-73(7)63(53)81)50-9-8-10-54(51(50)37-78)76-22-20-45-29-46(43-15-16-43)30-52(67)58(45)64(76)82/h8-14,17-18,20,22,29-31,34-35,38-40,43,49,55-56,60,62,72,78-79H,15-16,19,21,23-28,32-33,36-37H2,1-7H3,(H,68,71)(H,69,80)/t39?,40?,49-,55+,56?,60-,62?/m1/s1. The number of aliphatic hydroxyl groups is 2. The van der Waals surface area contributed by atoms with E-state index in [1.807, 2.05) is 87.9 Å². The van der Waals surface area contributed by atoms with E-state index in [4.69, 9.17) is 9.72 Å². The fourth-order valence-corrected chi connectivity index (χ4v) is 13.4. The van der Waals surface area contributed by atoms with Crippen molar-refractivity contribution in [2.45, 2.75) is 130 Å². The van der Waals surface area contributed by atoms with Crippen molar-refractivity contribution in [2.24, 2.45) is 24.3 Å². The Hall–Kier alpha value is -7.13. The van der Waals surface area contributed by atoms with Crippen LogP contribution in [0.2, 0.25) is 0 Å². The molecule has 4 fully saturated rings. The predicted molar refractivity (Wildman–Crippen MR) is 332 cm³/mol. The molecule has 0 bridgehead atoms. The first-order chi connectivity index (χ1) is 40.8. The van der Waals surface area contributed by atoms with E-state index in [-0.39, 0.29) is 48.1 Å². The molecule has 3 aromatic carbocycles. The van der Waals surface area contributed by atoms with E-state index in [0.717, 1.165) is 97.8 Å². The van der Waals surface area contributed by atoms with E-state index >= 15 is 4.39 Å². The number of amides is 2. The van der Waals surface area contributed by atoms with Crippen LogP contribution in [0.15, 0.2) is 113 Å². The van der Waals surface area contributed by atoms with Gasteiger partial charge in [-0.25, -0.2) is 14.4 Å². The summed E-state index contributed by atoms with van der Waals surface area (Å²) in [7, 11) is 1.66. The number of aryl methyl sites for hydroxylation is 2. The molecule has 0 radical (unpaired) electrons. The number of nitrogens with one attached hydrogen (secondary N) is 3. The topological polar surface area (TPSA) is 203 Å². The van der Waals surface area contributed by atoms with Gasteiger partial charge in [0.15, 0.2) is 0 Å². The average molecular weight is 1180 g/mol. The molecule has 448 valence electrons. The lowest BCUT2D eigenvalue weighted by Crippen LogP contribution is -2.57. The van der Waals surface area contributed by atoms with E-state index in [0.29, 0.717) is 63.6 Å². The van der Waals surface area contributed by atoms with Crippen LogP contribution in [0.25, 0.3) is 38.0 Å². The number of aliphatic hydroxyl groups excluding tert-OH is 2. The zero-order valence-corrected chi connectivity index (χ0v) is 50.5. The summed E-state index contributed by atoms with van der Waals surface area (Å²) in [6.07, 6.45) is 9.32. The maximum absolute atomic E-state index is 15.5. The minimum atomic E-state index is -0.789. The number of halogens is 1. The fraction of sp³-hybridized carbons (Fsp3) is 0.455. The highest BCUT2D eigenvalue weighted by Gasteiger charge is 2.48. The van der Waals surface area contributed by atoms with Crippen molar-refractivity contribution in [2.75, 3.05) is 49.5 Å². The molecule has 4 unspecified atom stereocenters. The third-order valence-electron chi connectivity index (χ3n) is 17.5. The Morgan fingerprint density at radius 1 is 0.929 bits per heavy atom. The number of hydrogen-bond donors (Lipinski definition) is 5. The number of β-amino-alcohol motifs (C(OH)–C–C–N with tert-alkyl or cyclic N) is 1. The summed E-state index contributed by atoms with van der Waals surface area (Å²) in [5.74, 6) is 0.733. The normalized spacial score (nSPS) is 20.2. The van der Waals surface area contributed by atoms with Crippen LogP contribution in [-0.4, -0.2) is 121 Å². The summed E-state index contributed by atoms with van der Waals surface area (Å²) in [5, 5.41) is 31.8. The molecule has 11 rings (SSSR count). The van der Waals surface area contributed by atoms with E-state index < -0.39 is 41.6 Å². The number of pyridine rings is 3. The maximum atomic E-state index is 15.5. The SMILES string of the molecule is Cc1ncsc1-c1ccc(CNC(=O)[C@@H]2C[C@@H](O)CN2C(=O)[C@@H](NC2OC2CC(C)CC(C)CCN2CCN(c3ccc(Nc4cc(-c5cccc(-n6ccc7cc(C8CC8)cc(F)c7c6=O)c5CO)cn(C)c4=O)nc3)CC2)C(C)(C)C)cc1. The number of carbonyl (C=O) groups is 2. The van der Waals surface area contributed by atoms with Gasteiger partial charge in [-0.05, 0) is 133 Å². The third kappa shape index (κ3) is 13.5. The number of epoxide rings is 1. The van der Waals surface area contributed by atoms with E-state index in [9.17, 15) is 29.4 Å². The third-order valence-corrected chi connectivity index (χ3v) is 18.5. The monoisotopic (exact) mass is 1170 g/mol. The number of piperazine rings is 1. The minimum Gasteiger partial charge on any atom is -0.392 e. The van der Waals surface area contributed by atoms with Gasteiger partial charge in [-0.3, -0.25) is 34.0 Å². The highest BCUT2D eigenvalue weighted by atomic mass is 32.1. The second-order valence-electron chi connectivity index (χ2n) is 25.2. The summed E-state index contributed by atoms with van der Waals surface area (Å²) in [5.41, 5.74) is 7.91. The zero-order valence-electron chi connectivity index (χ0n) is 49.7. The van der Waals surface area contributed by atoms with Crippen molar-refractivity contribution in [1.29, 1.82) is 0 Å². The lowest BCUT2D eigenvalue weighted by atomic mass is 9.85. The zero-order chi connectivity index (χ0) is 59.8. The molecule has 7 aromatic rings. The molecule has 1 saturated carbocycles. The molecule has 0 spiro atoms. The lowest BCUT2D eigenvalue weighted by molar-refractivity contribution is -0.142. The van der Waals surface area contributed by atoms with Crippen LogP contribution in [0.4, 0.5) is 21.6 Å². The van der Waals surface area contributed by atoms with Crippen molar-refractivity contribution in [3.8, 4) is 27.3 Å². The number of anilines is 3. The molecule has 4 aromatic heterocycles. The van der Waals surface area contributed by atoms with Gasteiger partial charge in [0, 0.05) is 76.3 Å². The molecule has 85 heavy (non-hydrogen) atoms. The number of aromatic nitrogens is 4. The molecule has 19 heteroatoms. The van der Waals surface area contributed by atoms with Crippen LogP contribution in [0.3, 0.4) is 0 Å². The molecular weight excluding hydrogens is 1100 g/mol. The fourth-order valence-electron chi connectivity index (χ4n) is 12.5. The number of fused-ring (bicyclic) bond motifs is 1. The Balaban J connectivity index is 0.628. The van der Waals surface area contributed by atoms with Gasteiger partial charge in [-0.1, -0.05) is 77.1 Å². The predicted octanol–water partition coefficient (Wildman–Crippen LogP) is 9.01. The highest BCUT2D eigenvalue weighted by Crippen LogP contribution is 2.42. The van der Waals surface area contributed by atoms with Crippen molar-refractivity contribution in [3.05, 3.63) is 152 Å². The summed E-state index contributed by atoms with van der Waals surface area (Å²) in [6, 6.07) is 22.7. The summed E-state index contributed by atoms with van der Waals surface area (Å²) in [4.78, 5) is 71.9. The quantitative estimate of drug-likeness (QED) is 0.0427. The second-order valence-corrected chi connectivity index (χ2v) is 26.1. The Morgan fingerprint density at radius 2 is 1.71 bits per heavy atom. The lowest BCUT2D eigenvalue weighted by Gasteiger charge is -2.36. The molecule has 17 nitrogen and oxygen atoms in total. The molecule has 3 saturated heterocycles. The smallest absolute Gasteiger partial charge is 0.274 e. The van der Waals surface area contributed by atoms with Crippen molar-refractivity contribution < 1.29 is 28.9 Å². The summed E-state index contributed by atoms with van der Waals surface area (Å²) < 4.78 is 24.5. The first kappa shape index (κ1) is 59.6. The van der Waals surface area contributed by atoms with Crippen LogP contribution in [0.5, 0.6) is 0 Å². The highest BCUT2D eigenvalue weighted by molar-refractivity contribution is 7.13. The van der Waals surface area contributed by atoms with Crippen molar-refractivity contribution >= 4 is 51.1 Å². The van der Waals surface area contributed by atoms with Crippen molar-refractivity contribution in [1.82, 2.24) is 39.5 Å². The molecular formula is C66H79FN10O7S. The molecule has 1 aliphatic carbocycles. The van der Waals surface area contributed by atoms with Gasteiger partial charge in [-0.15, -0.1) is 11.3 Å². The van der Waals surface area contributed by atoms with Gasteiger partial charge in [-0.2, -0.15) is 0 Å². The number of rotatable bonds is 21. The van der Waals surface area contributed by atoms with Crippen LogP contribution >= 0.6 is 11.3 Å². The number of likely N-dealkylation sites (tertiary alicyclic amines) is 1. The number of benzene rings is 3. The van der Waals surface area contributed by atoms with E-state index in [1.54, 1.807) is 59.9 Å². The Morgan fingerprint density at radius 3 is 2.40 bits per heavy atom. The Labute approximate surface area is 499 Å². The number of ether oxygens (including phenoxy) is 1. The van der Waals surface area contributed by atoms with Gasteiger partial charge in [0.2, 0.25) is 11.8 Å². The molecule has 3 aliphatic heterocycles. The van der Waals surface area contributed by atoms with Gasteiger partial charge in [0.1, 0.15) is 29.6 Å². The van der Waals surface area contributed by atoms with Crippen LogP contribution in [0.1, 0.15) is 101 Å². The average Bonchev–Trinajstić information content (AvgIpc) is 3.85. The largest absolute Gasteiger partial charge is 0.392 e. The van der Waals surface area contributed by atoms with E-state index in [1.165, 1.54) is 15.2 Å². The van der Waals surface area contributed by atoms with E-state index in [2.05, 4.69) is 44.6 Å². The van der Waals surface area contributed by atoms with Crippen LogP contribution in [-0.2, 0) is 34.5 Å². The van der Waals surface area contributed by atoms with Crippen molar-refractivity contribution in [3.63, 3.8) is 0 Å². The molecule has 2 amide bonds. The molecule has 5 N–H and O–H groups in total. The number of nitrogens with zero attached hydrogens (tertiary/aromatic N) is 7. The van der Waals surface area contributed by atoms with Gasteiger partial charge in [0.25, 0.3) is 11.1 Å². The molecule has 7 heterocycles. The summed E-state index contributed by atoms with van der Waals surface area (Å²) in [6.45, 7) is 17.2. The number of thiazole rings is 1. The van der Waals surface area contributed by atoms with Gasteiger partial charge >= 0.3 is 0 Å². The summed E-state index contributed by atoms with van der Waals surface area (Å²) >= 11 is 1.60. The first-order valence-electron chi connectivity index (χ1n) is 30.0.